The van der Waals surface area contributed by atoms with E-state index < -0.39 is 17.4 Å². The fourth-order valence-electron chi connectivity index (χ4n) is 3.09. The number of hydrogen-bond donors (Lipinski definition) is 2. The second-order valence-corrected chi connectivity index (χ2v) is 6.91. The molecule has 3 fully saturated rings. The van der Waals surface area contributed by atoms with Crippen molar-refractivity contribution in [3.05, 3.63) is 0 Å². The van der Waals surface area contributed by atoms with Gasteiger partial charge in [-0.3, -0.25) is 9.59 Å². The van der Waals surface area contributed by atoms with Crippen molar-refractivity contribution >= 4 is 17.8 Å². The van der Waals surface area contributed by atoms with E-state index in [1.807, 2.05) is 0 Å². The van der Waals surface area contributed by atoms with Gasteiger partial charge >= 0.3 is 5.97 Å². The van der Waals surface area contributed by atoms with Crippen LogP contribution in [0.1, 0.15) is 39.0 Å². The maximum absolute atomic E-state index is 12.3. The van der Waals surface area contributed by atoms with Crippen LogP contribution in [-0.4, -0.2) is 46.4 Å². The summed E-state index contributed by atoms with van der Waals surface area (Å²) in [6.45, 7) is 2.76. The third kappa shape index (κ3) is 2.89. The van der Waals surface area contributed by atoms with Crippen molar-refractivity contribution in [1.29, 1.82) is 0 Å². The predicted octanol–water partition coefficient (Wildman–Crippen LogP) is 0.614. The lowest BCUT2D eigenvalue weighted by Crippen LogP contribution is -2.55. The highest BCUT2D eigenvalue weighted by Crippen LogP contribution is 2.40. The number of hydrogen-bond acceptors (Lipinski definition) is 3. The molecular weight excluding hydrogens is 272 g/mol. The van der Waals surface area contributed by atoms with Crippen LogP contribution < -0.4 is 5.32 Å². The lowest BCUT2D eigenvalue weighted by molar-refractivity contribution is -0.148. The first-order chi connectivity index (χ1) is 9.90. The summed E-state index contributed by atoms with van der Waals surface area (Å²) in [7, 11) is 0. The van der Waals surface area contributed by atoms with Gasteiger partial charge in [0.05, 0.1) is 5.92 Å². The van der Waals surface area contributed by atoms with Crippen LogP contribution in [0.15, 0.2) is 0 Å². The molecule has 6 nitrogen and oxygen atoms in total. The molecule has 1 heterocycles. The maximum atomic E-state index is 12.3. The normalized spacial score (nSPS) is 28.3. The smallest absolute Gasteiger partial charge is 0.329 e. The Kier molecular flexibility index (Phi) is 3.42. The topological polar surface area (TPSA) is 86.7 Å². The first kappa shape index (κ1) is 14.4. The number of amides is 2. The number of carboxylic acid groups (broad SMARTS) is 1. The Bertz CT molecular complexity index is 484. The zero-order valence-electron chi connectivity index (χ0n) is 12.3. The molecule has 0 aromatic rings. The number of rotatable bonds is 6. The van der Waals surface area contributed by atoms with Crippen LogP contribution >= 0.6 is 0 Å². The summed E-state index contributed by atoms with van der Waals surface area (Å²) < 4.78 is 0. The number of carbonyl (C=O) groups is 3. The van der Waals surface area contributed by atoms with Crippen LogP contribution in [0.5, 0.6) is 0 Å². The highest BCUT2D eigenvalue weighted by Gasteiger charge is 2.50. The van der Waals surface area contributed by atoms with E-state index in [9.17, 15) is 19.5 Å². The molecule has 2 saturated carbocycles. The SMILES string of the molecule is CC(NC(=O)C1CC(=O)N(CC2CC2)C1)(C(=O)O)C1CC1. The second-order valence-electron chi connectivity index (χ2n) is 6.91. The van der Waals surface area contributed by atoms with E-state index in [0.717, 1.165) is 19.4 Å². The molecule has 3 aliphatic rings. The fourth-order valence-corrected chi connectivity index (χ4v) is 3.09. The van der Waals surface area contributed by atoms with Gasteiger partial charge in [0.2, 0.25) is 11.8 Å². The number of nitrogens with one attached hydrogen (secondary N) is 1. The average Bonchev–Trinajstić information content (AvgIpc) is 3.30. The molecule has 0 aromatic carbocycles. The third-order valence-electron chi connectivity index (χ3n) is 4.98. The Balaban J connectivity index is 1.60. The third-order valence-corrected chi connectivity index (χ3v) is 4.98. The van der Waals surface area contributed by atoms with Crippen LogP contribution in [-0.2, 0) is 14.4 Å². The van der Waals surface area contributed by atoms with E-state index in [2.05, 4.69) is 5.32 Å². The van der Waals surface area contributed by atoms with Gasteiger partial charge in [0.25, 0.3) is 0 Å². The standard InChI is InChI=1S/C15H22N2O4/c1-15(14(20)21,11-4-5-11)16-13(19)10-6-12(18)17(8-10)7-9-2-3-9/h9-11H,2-8H2,1H3,(H,16,19)(H,20,21). The van der Waals surface area contributed by atoms with E-state index >= 15 is 0 Å². The zero-order chi connectivity index (χ0) is 15.2. The van der Waals surface area contributed by atoms with Crippen molar-refractivity contribution < 1.29 is 19.5 Å². The van der Waals surface area contributed by atoms with E-state index in [-0.39, 0.29) is 24.2 Å². The lowest BCUT2D eigenvalue weighted by atomic mass is 9.94. The summed E-state index contributed by atoms with van der Waals surface area (Å²) in [6.07, 6.45) is 4.21. The van der Waals surface area contributed by atoms with Crippen molar-refractivity contribution in [3.63, 3.8) is 0 Å². The molecular formula is C15H22N2O4. The van der Waals surface area contributed by atoms with Crippen molar-refractivity contribution in [1.82, 2.24) is 10.2 Å². The van der Waals surface area contributed by atoms with E-state index in [1.54, 1.807) is 11.8 Å². The predicted molar refractivity (Wildman–Crippen MR) is 74.3 cm³/mol. The highest BCUT2D eigenvalue weighted by molar-refractivity contribution is 5.92. The molecule has 3 rings (SSSR count). The highest BCUT2D eigenvalue weighted by atomic mass is 16.4. The molecule has 0 bridgehead atoms. The Morgan fingerprint density at radius 2 is 2.00 bits per heavy atom. The Morgan fingerprint density at radius 1 is 1.33 bits per heavy atom. The molecule has 21 heavy (non-hydrogen) atoms. The van der Waals surface area contributed by atoms with Gasteiger partial charge in [0.1, 0.15) is 5.54 Å². The van der Waals surface area contributed by atoms with E-state index in [4.69, 9.17) is 0 Å². The lowest BCUT2D eigenvalue weighted by Gasteiger charge is -2.27. The molecule has 0 spiro atoms. The first-order valence-electron chi connectivity index (χ1n) is 7.73. The minimum absolute atomic E-state index is 0.0126. The summed E-state index contributed by atoms with van der Waals surface area (Å²) in [6, 6.07) is 0. The van der Waals surface area contributed by atoms with Crippen LogP contribution in [0.3, 0.4) is 0 Å². The van der Waals surface area contributed by atoms with Crippen LogP contribution in [0.25, 0.3) is 0 Å². The summed E-state index contributed by atoms with van der Waals surface area (Å²) >= 11 is 0. The van der Waals surface area contributed by atoms with Crippen molar-refractivity contribution in [2.75, 3.05) is 13.1 Å². The van der Waals surface area contributed by atoms with Crippen molar-refractivity contribution in [2.45, 2.75) is 44.6 Å². The molecule has 2 amide bonds. The Morgan fingerprint density at radius 3 is 2.52 bits per heavy atom. The van der Waals surface area contributed by atoms with Crippen LogP contribution in [0.4, 0.5) is 0 Å². The van der Waals surface area contributed by atoms with Gasteiger partial charge in [-0.1, -0.05) is 0 Å². The molecule has 2 N–H and O–H groups in total. The Hall–Kier alpha value is -1.59. The van der Waals surface area contributed by atoms with Gasteiger partial charge in [-0.15, -0.1) is 0 Å². The van der Waals surface area contributed by atoms with E-state index in [0.29, 0.717) is 12.5 Å². The van der Waals surface area contributed by atoms with Gasteiger partial charge in [-0.25, -0.2) is 4.79 Å². The number of carbonyl (C=O) groups excluding carboxylic acids is 2. The number of carboxylic acids is 1. The zero-order valence-corrected chi connectivity index (χ0v) is 12.3. The number of likely N-dealkylation sites (tertiary alicyclic amines) is 1. The molecule has 2 aliphatic carbocycles. The van der Waals surface area contributed by atoms with Gasteiger partial charge < -0.3 is 15.3 Å². The van der Waals surface area contributed by atoms with Gasteiger partial charge in [0, 0.05) is 19.5 Å². The summed E-state index contributed by atoms with van der Waals surface area (Å²) in [4.78, 5) is 37.5. The van der Waals surface area contributed by atoms with Gasteiger partial charge in [-0.2, -0.15) is 0 Å². The minimum Gasteiger partial charge on any atom is -0.480 e. The molecule has 2 unspecified atom stereocenters. The van der Waals surface area contributed by atoms with Crippen molar-refractivity contribution in [3.8, 4) is 0 Å². The second kappa shape index (κ2) is 5.00. The molecule has 1 saturated heterocycles. The van der Waals surface area contributed by atoms with Crippen molar-refractivity contribution in [2.24, 2.45) is 17.8 Å². The quantitative estimate of drug-likeness (QED) is 0.751. The molecule has 1 aliphatic heterocycles. The fraction of sp³-hybridized carbons (Fsp3) is 0.800. The van der Waals surface area contributed by atoms with Gasteiger partial charge in [-0.05, 0) is 44.4 Å². The summed E-state index contributed by atoms with van der Waals surface area (Å²) in [5.74, 6) is -1.06. The summed E-state index contributed by atoms with van der Waals surface area (Å²) in [5.41, 5.74) is -1.19. The molecule has 116 valence electrons. The average molecular weight is 294 g/mol. The van der Waals surface area contributed by atoms with Gasteiger partial charge in [0.15, 0.2) is 0 Å². The number of aliphatic carboxylic acids is 1. The summed E-state index contributed by atoms with van der Waals surface area (Å²) in [5, 5.41) is 12.1. The molecule has 2 atom stereocenters. The van der Waals surface area contributed by atoms with Crippen LogP contribution in [0, 0.1) is 17.8 Å². The molecule has 6 heteroatoms. The first-order valence-corrected chi connectivity index (χ1v) is 7.73. The number of nitrogens with zero attached hydrogens (tertiary/aromatic N) is 1. The largest absolute Gasteiger partial charge is 0.480 e. The molecule has 0 radical (unpaired) electrons. The monoisotopic (exact) mass is 294 g/mol. The maximum Gasteiger partial charge on any atom is 0.329 e. The molecule has 0 aromatic heterocycles. The van der Waals surface area contributed by atoms with Crippen LogP contribution in [0.2, 0.25) is 0 Å². The Labute approximate surface area is 123 Å². The minimum atomic E-state index is -1.19. The van der Waals surface area contributed by atoms with E-state index in [1.165, 1.54) is 12.8 Å².